The summed E-state index contributed by atoms with van der Waals surface area (Å²) in [5, 5.41) is 9.28. The molecule has 0 bridgehead atoms. The molecular weight excluding hydrogens is 246 g/mol. The molecule has 2 aromatic rings. The van der Waals surface area contributed by atoms with Crippen molar-refractivity contribution in [3.63, 3.8) is 0 Å². The first-order valence-corrected chi connectivity index (χ1v) is 6.13. The largest absolute Gasteiger partial charge is 0.396 e. The number of aliphatic hydroxyl groups excluding tert-OH is 1. The molecule has 1 unspecified atom stereocenters. The SMILES string of the molecule is C=C1C(CO)CC[C@@H]1n1cnc2c(=O)[nH]c(N)nc21. The Labute approximate surface area is 108 Å². The van der Waals surface area contributed by atoms with Gasteiger partial charge in [-0.05, 0) is 18.4 Å². The van der Waals surface area contributed by atoms with E-state index in [1.165, 1.54) is 0 Å². The van der Waals surface area contributed by atoms with Gasteiger partial charge in [-0.25, -0.2) is 4.98 Å². The number of rotatable bonds is 2. The minimum Gasteiger partial charge on any atom is -0.396 e. The van der Waals surface area contributed by atoms with Crippen molar-refractivity contribution in [3.05, 3.63) is 28.8 Å². The average Bonchev–Trinajstić information content (AvgIpc) is 2.92. The van der Waals surface area contributed by atoms with E-state index in [1.807, 2.05) is 4.57 Å². The average molecular weight is 261 g/mol. The topological polar surface area (TPSA) is 110 Å². The fourth-order valence-electron chi connectivity index (χ4n) is 2.70. The van der Waals surface area contributed by atoms with Crippen LogP contribution < -0.4 is 11.3 Å². The van der Waals surface area contributed by atoms with Crippen LogP contribution in [-0.2, 0) is 0 Å². The lowest BCUT2D eigenvalue weighted by atomic mass is 10.0. The summed E-state index contributed by atoms with van der Waals surface area (Å²) < 4.78 is 1.82. The Morgan fingerprint density at radius 1 is 1.58 bits per heavy atom. The second-order valence-electron chi connectivity index (χ2n) is 4.82. The third-order valence-electron chi connectivity index (χ3n) is 3.75. The fourth-order valence-corrected chi connectivity index (χ4v) is 2.70. The maximum Gasteiger partial charge on any atom is 0.280 e. The van der Waals surface area contributed by atoms with Crippen LogP contribution in [0.25, 0.3) is 11.2 Å². The highest BCUT2D eigenvalue weighted by Crippen LogP contribution is 2.39. The van der Waals surface area contributed by atoms with Crippen LogP contribution in [0.4, 0.5) is 5.95 Å². The second-order valence-corrected chi connectivity index (χ2v) is 4.82. The third kappa shape index (κ3) is 1.74. The second kappa shape index (κ2) is 4.20. The number of aliphatic hydroxyl groups is 1. The predicted molar refractivity (Wildman–Crippen MR) is 70.5 cm³/mol. The third-order valence-corrected chi connectivity index (χ3v) is 3.75. The molecule has 2 heterocycles. The van der Waals surface area contributed by atoms with Gasteiger partial charge in [-0.15, -0.1) is 0 Å². The molecule has 2 atom stereocenters. The van der Waals surface area contributed by atoms with Crippen LogP contribution in [0.1, 0.15) is 18.9 Å². The summed E-state index contributed by atoms with van der Waals surface area (Å²) in [4.78, 5) is 22.4. The molecule has 100 valence electrons. The fraction of sp³-hybridized carbons (Fsp3) is 0.417. The first-order valence-electron chi connectivity index (χ1n) is 6.13. The molecule has 2 aromatic heterocycles. The van der Waals surface area contributed by atoms with Gasteiger partial charge in [0.25, 0.3) is 5.56 Å². The van der Waals surface area contributed by atoms with Crippen LogP contribution >= 0.6 is 0 Å². The Balaban J connectivity index is 2.12. The molecule has 0 radical (unpaired) electrons. The first kappa shape index (κ1) is 11.9. The lowest BCUT2D eigenvalue weighted by molar-refractivity contribution is 0.249. The van der Waals surface area contributed by atoms with Gasteiger partial charge in [0.2, 0.25) is 5.95 Å². The minimum absolute atomic E-state index is 0.0100. The molecular formula is C12H15N5O2. The van der Waals surface area contributed by atoms with Crippen molar-refractivity contribution in [3.8, 4) is 0 Å². The number of nitrogens with two attached hydrogens (primary N) is 1. The highest BCUT2D eigenvalue weighted by Gasteiger charge is 2.30. The van der Waals surface area contributed by atoms with Crippen molar-refractivity contribution in [2.45, 2.75) is 18.9 Å². The number of nitrogen functional groups attached to an aromatic ring is 1. The predicted octanol–water partition coefficient (Wildman–Crippen LogP) is 0.201. The molecule has 1 aliphatic rings. The van der Waals surface area contributed by atoms with E-state index in [9.17, 15) is 9.90 Å². The van der Waals surface area contributed by atoms with Gasteiger partial charge >= 0.3 is 0 Å². The van der Waals surface area contributed by atoms with E-state index in [1.54, 1.807) is 6.33 Å². The molecule has 0 saturated heterocycles. The van der Waals surface area contributed by atoms with Crippen LogP contribution in [0.2, 0.25) is 0 Å². The number of fused-ring (bicyclic) bond motifs is 1. The Morgan fingerprint density at radius 2 is 2.37 bits per heavy atom. The molecule has 7 nitrogen and oxygen atoms in total. The highest BCUT2D eigenvalue weighted by atomic mass is 16.3. The van der Waals surface area contributed by atoms with Gasteiger partial charge in [-0.3, -0.25) is 9.78 Å². The lowest BCUT2D eigenvalue weighted by Crippen LogP contribution is -2.14. The van der Waals surface area contributed by atoms with Gasteiger partial charge in [-0.1, -0.05) is 6.58 Å². The van der Waals surface area contributed by atoms with E-state index in [2.05, 4.69) is 21.5 Å². The Hall–Kier alpha value is -2.15. The summed E-state index contributed by atoms with van der Waals surface area (Å²) in [7, 11) is 0. The van der Waals surface area contributed by atoms with Crippen molar-refractivity contribution < 1.29 is 5.11 Å². The molecule has 1 fully saturated rings. The zero-order chi connectivity index (χ0) is 13.6. The number of aromatic amines is 1. The van der Waals surface area contributed by atoms with Crippen molar-refractivity contribution in [2.24, 2.45) is 5.92 Å². The Kier molecular flexibility index (Phi) is 2.63. The van der Waals surface area contributed by atoms with E-state index in [4.69, 9.17) is 5.73 Å². The first-order chi connectivity index (χ1) is 9.11. The number of aromatic nitrogens is 4. The summed E-state index contributed by atoms with van der Waals surface area (Å²) in [5.41, 5.74) is 6.91. The number of nitrogens with zero attached hydrogens (tertiary/aromatic N) is 3. The van der Waals surface area contributed by atoms with Crippen molar-refractivity contribution in [2.75, 3.05) is 12.3 Å². The zero-order valence-electron chi connectivity index (χ0n) is 10.3. The molecule has 19 heavy (non-hydrogen) atoms. The maximum atomic E-state index is 11.7. The zero-order valence-corrected chi connectivity index (χ0v) is 10.3. The molecule has 0 amide bonds. The van der Waals surface area contributed by atoms with Crippen LogP contribution in [0, 0.1) is 5.92 Å². The highest BCUT2D eigenvalue weighted by molar-refractivity contribution is 5.70. The van der Waals surface area contributed by atoms with E-state index >= 15 is 0 Å². The number of hydrogen-bond donors (Lipinski definition) is 3. The molecule has 7 heteroatoms. The standard InChI is InChI=1S/C12H15N5O2/c1-6-7(4-18)2-3-8(6)17-5-14-9-10(17)15-12(13)16-11(9)19/h5,7-8,18H,1-4H2,(H3,13,15,16,19)/t7?,8-/m0/s1. The molecule has 0 aliphatic heterocycles. The van der Waals surface area contributed by atoms with Gasteiger partial charge in [0.15, 0.2) is 11.2 Å². The summed E-state index contributed by atoms with van der Waals surface area (Å²) in [5.74, 6) is 0.170. The van der Waals surface area contributed by atoms with Crippen LogP contribution in [0.15, 0.2) is 23.3 Å². The van der Waals surface area contributed by atoms with E-state index in [0.717, 1.165) is 18.4 Å². The molecule has 0 aromatic carbocycles. The van der Waals surface area contributed by atoms with Gasteiger partial charge < -0.3 is 15.4 Å². The van der Waals surface area contributed by atoms with Crippen molar-refractivity contribution in [1.82, 2.24) is 19.5 Å². The molecule has 1 saturated carbocycles. The van der Waals surface area contributed by atoms with E-state index in [-0.39, 0.29) is 35.6 Å². The van der Waals surface area contributed by atoms with Gasteiger partial charge in [0.1, 0.15) is 0 Å². The van der Waals surface area contributed by atoms with Gasteiger partial charge in [-0.2, -0.15) is 4.98 Å². The van der Waals surface area contributed by atoms with Crippen molar-refractivity contribution in [1.29, 1.82) is 0 Å². The van der Waals surface area contributed by atoms with Gasteiger partial charge in [0.05, 0.1) is 12.4 Å². The molecule has 1 aliphatic carbocycles. The quantitative estimate of drug-likeness (QED) is 0.669. The van der Waals surface area contributed by atoms with Crippen LogP contribution in [0.3, 0.4) is 0 Å². The Morgan fingerprint density at radius 3 is 3.05 bits per heavy atom. The smallest absolute Gasteiger partial charge is 0.280 e. The van der Waals surface area contributed by atoms with Crippen LogP contribution in [0.5, 0.6) is 0 Å². The lowest BCUT2D eigenvalue weighted by Gasteiger charge is -2.15. The number of H-pyrrole nitrogens is 1. The van der Waals surface area contributed by atoms with Crippen LogP contribution in [-0.4, -0.2) is 31.2 Å². The summed E-state index contributed by atoms with van der Waals surface area (Å²) in [6.07, 6.45) is 3.31. The summed E-state index contributed by atoms with van der Waals surface area (Å²) >= 11 is 0. The summed E-state index contributed by atoms with van der Waals surface area (Å²) in [6.45, 7) is 4.14. The maximum absolute atomic E-state index is 11.7. The van der Waals surface area contributed by atoms with E-state index < -0.39 is 0 Å². The minimum atomic E-state index is -0.344. The number of hydrogen-bond acceptors (Lipinski definition) is 5. The number of nitrogens with one attached hydrogen (secondary N) is 1. The number of imidazole rings is 1. The van der Waals surface area contributed by atoms with E-state index in [0.29, 0.717) is 5.65 Å². The normalized spacial score (nSPS) is 23.3. The molecule has 0 spiro atoms. The Bertz CT molecular complexity index is 702. The molecule has 4 N–H and O–H groups in total. The van der Waals surface area contributed by atoms with Gasteiger partial charge in [0, 0.05) is 12.5 Å². The molecule has 3 rings (SSSR count). The summed E-state index contributed by atoms with van der Waals surface area (Å²) in [6, 6.07) is 0.0100. The van der Waals surface area contributed by atoms with Crippen molar-refractivity contribution >= 4 is 17.1 Å². The number of anilines is 1. The monoisotopic (exact) mass is 261 g/mol.